The first-order valence-electron chi connectivity index (χ1n) is 17.0. The molecule has 0 saturated heterocycles. The third-order valence-corrected chi connectivity index (χ3v) is 10.8. The van der Waals surface area contributed by atoms with Crippen LogP contribution in [0.5, 0.6) is 11.5 Å². The maximum atomic E-state index is 9.34. The fourth-order valence-electron chi connectivity index (χ4n) is 6.11. The fourth-order valence-corrected chi connectivity index (χ4v) is 8.02. The summed E-state index contributed by atoms with van der Waals surface area (Å²) in [5.41, 5.74) is 8.46. The number of methoxy groups -OCH3 is 2. The van der Waals surface area contributed by atoms with E-state index in [0.717, 1.165) is 28.2 Å². The molecule has 5 aromatic rings. The molecule has 52 heavy (non-hydrogen) atoms. The minimum absolute atomic E-state index is 0.0305. The molecular weight excluding hydrogens is 701 g/mol. The van der Waals surface area contributed by atoms with E-state index in [0.29, 0.717) is 11.2 Å². The van der Waals surface area contributed by atoms with Crippen molar-refractivity contribution in [3.05, 3.63) is 107 Å². The van der Waals surface area contributed by atoms with E-state index in [9.17, 15) is 5.26 Å². The van der Waals surface area contributed by atoms with E-state index in [2.05, 4.69) is 53.4 Å². The number of nitriles is 1. The number of hydrogen-bond acceptors (Lipinski definition) is 11. The van der Waals surface area contributed by atoms with Gasteiger partial charge in [0.25, 0.3) is 8.53 Å². The molecule has 0 radical (unpaired) electrons. The highest BCUT2D eigenvalue weighted by Gasteiger charge is 2.40. The second kappa shape index (κ2) is 17.9. The normalized spacial score (nSPS) is 13.1. The molecule has 3 aromatic carbocycles. The number of rotatable bonds is 18. The first kappa shape index (κ1) is 38.9. The lowest BCUT2D eigenvalue weighted by Gasteiger charge is -2.39. The lowest BCUT2D eigenvalue weighted by Crippen LogP contribution is -2.39. The van der Waals surface area contributed by atoms with Crippen LogP contribution in [0.25, 0.3) is 11.2 Å². The third kappa shape index (κ3) is 8.81. The van der Waals surface area contributed by atoms with Crippen molar-refractivity contribution in [2.24, 2.45) is 0 Å². The van der Waals surface area contributed by atoms with E-state index < -0.39 is 20.2 Å². The number of nitrogens with two attached hydrogens (primary N) is 1. The number of aromatic nitrogens is 4. The smallest absolute Gasteiger partial charge is 0.259 e. The zero-order chi connectivity index (χ0) is 37.3. The Morgan fingerprint density at radius 3 is 2.00 bits per heavy atom. The molecule has 2 N–H and O–H groups in total. The van der Waals surface area contributed by atoms with Gasteiger partial charge in [-0.1, -0.05) is 66.2 Å². The summed E-state index contributed by atoms with van der Waals surface area (Å²) in [7, 11) is 1.62. The van der Waals surface area contributed by atoms with Crippen LogP contribution in [-0.2, 0) is 25.9 Å². The zero-order valence-electron chi connectivity index (χ0n) is 30.3. The summed E-state index contributed by atoms with van der Waals surface area (Å²) < 4.78 is 35.7. The number of fused-ring (bicyclic) bond motifs is 1. The van der Waals surface area contributed by atoms with Gasteiger partial charge in [0.1, 0.15) is 28.7 Å². The third-order valence-electron chi connectivity index (χ3n) is 8.40. The van der Waals surface area contributed by atoms with Crippen LogP contribution in [0.3, 0.4) is 0 Å². The van der Waals surface area contributed by atoms with Crippen molar-refractivity contribution in [2.45, 2.75) is 64.4 Å². The van der Waals surface area contributed by atoms with Crippen LogP contribution >= 0.6 is 20.1 Å². The second-order valence-corrected chi connectivity index (χ2v) is 14.3. The van der Waals surface area contributed by atoms with Crippen LogP contribution in [0, 0.1) is 11.3 Å². The van der Waals surface area contributed by atoms with Crippen molar-refractivity contribution in [1.29, 1.82) is 5.26 Å². The minimum atomic E-state index is -1.66. The predicted octanol–water partition coefficient (Wildman–Crippen LogP) is 7.75. The van der Waals surface area contributed by atoms with Gasteiger partial charge in [0, 0.05) is 12.1 Å². The Hall–Kier alpha value is -4.34. The maximum absolute atomic E-state index is 9.34. The van der Waals surface area contributed by atoms with Crippen LogP contribution in [0.4, 0.5) is 5.95 Å². The number of imidazole rings is 1. The summed E-state index contributed by atoms with van der Waals surface area (Å²) in [6, 6.07) is 28.1. The van der Waals surface area contributed by atoms with Gasteiger partial charge in [-0.2, -0.15) is 15.2 Å². The molecule has 5 rings (SSSR count). The molecule has 14 heteroatoms. The topological polar surface area (TPSA) is 143 Å². The number of nitrogen functional groups attached to an aromatic ring is 1. The molecule has 1 unspecified atom stereocenters. The SMILES string of the molecule is COc1ccc(C(OC[C@@H](Cn2cnc3c(Cl)nc(N)nc32)OP(OCCC#N)N(C(C)C)C(C)C)(c2ccccc2)c2ccc(OC)cc2)cc1. The zero-order valence-corrected chi connectivity index (χ0v) is 31.9. The molecule has 2 atom stereocenters. The highest BCUT2D eigenvalue weighted by molar-refractivity contribution is 7.44. The average molecular weight is 746 g/mol. The van der Waals surface area contributed by atoms with Crippen LogP contribution in [0.2, 0.25) is 5.15 Å². The fraction of sp³-hybridized carbons (Fsp3) is 0.368. The molecule has 0 saturated carbocycles. The van der Waals surface area contributed by atoms with Gasteiger partial charge >= 0.3 is 0 Å². The molecule has 0 bridgehead atoms. The van der Waals surface area contributed by atoms with Crippen molar-refractivity contribution in [3.8, 4) is 17.6 Å². The monoisotopic (exact) mass is 745 g/mol. The lowest BCUT2D eigenvalue weighted by atomic mass is 9.80. The van der Waals surface area contributed by atoms with Crippen molar-refractivity contribution < 1.29 is 23.3 Å². The summed E-state index contributed by atoms with van der Waals surface area (Å²) in [5, 5.41) is 9.50. The van der Waals surface area contributed by atoms with Gasteiger partial charge in [0.05, 0.1) is 52.8 Å². The summed E-state index contributed by atoms with van der Waals surface area (Å²) >= 11 is 6.42. The van der Waals surface area contributed by atoms with E-state index in [1.54, 1.807) is 20.5 Å². The quantitative estimate of drug-likeness (QED) is 0.0407. The summed E-state index contributed by atoms with van der Waals surface area (Å²) in [6.07, 6.45) is 1.24. The molecule has 0 aliphatic rings. The summed E-state index contributed by atoms with van der Waals surface area (Å²) in [4.78, 5) is 13.0. The van der Waals surface area contributed by atoms with Gasteiger partial charge in [-0.15, -0.1) is 0 Å². The van der Waals surface area contributed by atoms with E-state index >= 15 is 0 Å². The number of halogens is 1. The largest absolute Gasteiger partial charge is 0.497 e. The molecule has 2 heterocycles. The van der Waals surface area contributed by atoms with Gasteiger partial charge < -0.3 is 33.6 Å². The Morgan fingerprint density at radius 1 is 0.885 bits per heavy atom. The van der Waals surface area contributed by atoms with Gasteiger partial charge in [-0.25, -0.2) is 9.65 Å². The van der Waals surface area contributed by atoms with E-state index in [4.69, 9.17) is 40.6 Å². The first-order valence-corrected chi connectivity index (χ1v) is 18.5. The molecular formula is C38H45ClN7O5P. The highest BCUT2D eigenvalue weighted by atomic mass is 35.5. The molecule has 2 aromatic heterocycles. The molecule has 274 valence electrons. The summed E-state index contributed by atoms with van der Waals surface area (Å²) in [6.45, 7) is 8.93. The van der Waals surface area contributed by atoms with Crippen molar-refractivity contribution >= 4 is 37.2 Å². The molecule has 0 amide bonds. The molecule has 0 spiro atoms. The van der Waals surface area contributed by atoms with Crippen molar-refractivity contribution in [1.82, 2.24) is 24.2 Å². The lowest BCUT2D eigenvalue weighted by molar-refractivity contribution is -0.0381. The van der Waals surface area contributed by atoms with Crippen LogP contribution < -0.4 is 15.2 Å². The first-order chi connectivity index (χ1) is 25.1. The standard InChI is InChI=1S/C38H45ClN7O5P/c1-26(2)46(27(3)4)52(50-22-10-21-40)51-33(23-45-25-42-34-35(39)43-37(41)44-36(34)45)24-49-38(28-11-8-7-9-12-28,29-13-17-31(47-5)18-14-29)30-15-19-32(48-6)20-16-30/h7-9,11-20,25-27,33H,10,22-24H2,1-6H3,(H2,41,43,44)/t33-,52?/m1/s1. The Labute approximate surface area is 311 Å². The number of benzene rings is 3. The Morgan fingerprint density at radius 2 is 1.46 bits per heavy atom. The molecule has 0 fully saturated rings. The van der Waals surface area contributed by atoms with Crippen LogP contribution in [0.1, 0.15) is 50.8 Å². The van der Waals surface area contributed by atoms with Gasteiger partial charge in [0.2, 0.25) is 5.95 Å². The van der Waals surface area contributed by atoms with Crippen molar-refractivity contribution in [2.75, 3.05) is 33.2 Å². The second-order valence-electron chi connectivity index (χ2n) is 12.5. The predicted molar refractivity (Wildman–Crippen MR) is 203 cm³/mol. The van der Waals surface area contributed by atoms with Gasteiger partial charge in [-0.05, 0) is 68.7 Å². The number of nitrogens with zero attached hydrogens (tertiary/aromatic N) is 6. The Bertz CT molecular complexity index is 1870. The van der Waals surface area contributed by atoms with E-state index in [1.807, 2.05) is 83.4 Å². The van der Waals surface area contributed by atoms with E-state index in [-0.39, 0.29) is 49.4 Å². The van der Waals surface area contributed by atoms with Crippen LogP contribution in [0.15, 0.2) is 85.2 Å². The Kier molecular flexibility index (Phi) is 13.4. The molecule has 0 aliphatic heterocycles. The number of hydrogen-bond donors (Lipinski definition) is 1. The maximum Gasteiger partial charge on any atom is 0.259 e. The van der Waals surface area contributed by atoms with Crippen LogP contribution in [-0.4, -0.2) is 69.8 Å². The number of anilines is 1. The molecule has 0 aliphatic carbocycles. The Balaban J connectivity index is 1.64. The van der Waals surface area contributed by atoms with Crippen molar-refractivity contribution in [3.63, 3.8) is 0 Å². The summed E-state index contributed by atoms with van der Waals surface area (Å²) in [5.74, 6) is 1.47. The molecule has 12 nitrogen and oxygen atoms in total. The van der Waals surface area contributed by atoms with E-state index in [1.165, 1.54) is 0 Å². The van der Waals surface area contributed by atoms with Gasteiger partial charge in [0.15, 0.2) is 10.8 Å². The van der Waals surface area contributed by atoms with Gasteiger partial charge in [-0.3, -0.25) is 0 Å². The highest BCUT2D eigenvalue weighted by Crippen LogP contribution is 2.48. The number of ether oxygens (including phenoxy) is 3. The average Bonchev–Trinajstić information content (AvgIpc) is 3.54. The minimum Gasteiger partial charge on any atom is -0.497 e.